The number of alkyl halides is 3. The fourth-order valence-electron chi connectivity index (χ4n) is 3.41. The van der Waals surface area contributed by atoms with E-state index in [0.717, 1.165) is 29.8 Å². The molecule has 7 heteroatoms. The van der Waals surface area contributed by atoms with Gasteiger partial charge in [-0.3, -0.25) is 4.79 Å². The van der Waals surface area contributed by atoms with Crippen LogP contribution in [0.25, 0.3) is 0 Å². The van der Waals surface area contributed by atoms with Crippen molar-refractivity contribution in [1.29, 1.82) is 0 Å². The summed E-state index contributed by atoms with van der Waals surface area (Å²) in [6, 6.07) is 3.91. The van der Waals surface area contributed by atoms with Crippen LogP contribution in [0.4, 0.5) is 18.9 Å². The Bertz CT molecular complexity index is 647. The molecule has 2 atom stereocenters. The van der Waals surface area contributed by atoms with Crippen molar-refractivity contribution in [2.45, 2.75) is 18.6 Å². The van der Waals surface area contributed by atoms with Crippen molar-refractivity contribution in [1.82, 2.24) is 5.32 Å². The molecule has 1 aromatic carbocycles. The smallest absolute Gasteiger partial charge is 0.366 e. The Morgan fingerprint density at radius 3 is 2.96 bits per heavy atom. The van der Waals surface area contributed by atoms with E-state index >= 15 is 0 Å². The predicted octanol–water partition coefficient (Wildman–Crippen LogP) is 3.10. The average Bonchev–Trinajstić information content (AvgIpc) is 2.57. The van der Waals surface area contributed by atoms with Gasteiger partial charge in [-0.25, -0.2) is 0 Å². The van der Waals surface area contributed by atoms with Crippen LogP contribution in [0.1, 0.15) is 11.1 Å². The van der Waals surface area contributed by atoms with Crippen molar-refractivity contribution in [3.63, 3.8) is 0 Å². The van der Waals surface area contributed by atoms with Crippen LogP contribution in [0.15, 0.2) is 30.9 Å². The summed E-state index contributed by atoms with van der Waals surface area (Å²) >= 11 is 1.79. The van der Waals surface area contributed by atoms with Crippen molar-refractivity contribution in [3.05, 3.63) is 42.0 Å². The van der Waals surface area contributed by atoms with E-state index in [1.807, 2.05) is 0 Å². The van der Waals surface area contributed by atoms with E-state index in [0.29, 0.717) is 18.5 Å². The molecule has 1 N–H and O–H groups in total. The maximum Gasteiger partial charge on any atom is 0.416 e. The summed E-state index contributed by atoms with van der Waals surface area (Å²) in [7, 11) is 0. The van der Waals surface area contributed by atoms with Gasteiger partial charge in [-0.1, -0.05) is 6.08 Å². The Morgan fingerprint density at radius 1 is 1.46 bits per heavy atom. The van der Waals surface area contributed by atoms with Gasteiger partial charge in [-0.15, -0.1) is 6.58 Å². The van der Waals surface area contributed by atoms with Crippen molar-refractivity contribution in [2.75, 3.05) is 29.5 Å². The van der Waals surface area contributed by atoms with Crippen molar-refractivity contribution in [2.24, 2.45) is 5.92 Å². The first-order valence-corrected chi connectivity index (χ1v) is 9.00. The summed E-state index contributed by atoms with van der Waals surface area (Å²) in [5, 5.41) is 2.80. The van der Waals surface area contributed by atoms with Gasteiger partial charge in [-0.05, 0) is 30.2 Å². The second kappa shape index (κ2) is 6.70. The number of thioether (sulfide) groups is 1. The predicted molar refractivity (Wildman–Crippen MR) is 90.3 cm³/mol. The highest BCUT2D eigenvalue weighted by Gasteiger charge is 2.41. The number of hydrogen-bond acceptors (Lipinski definition) is 3. The molecule has 2 heterocycles. The van der Waals surface area contributed by atoms with Gasteiger partial charge in [0.05, 0.1) is 11.5 Å². The molecule has 0 bridgehead atoms. The number of hydrogen-bond donors (Lipinski definition) is 1. The molecule has 0 saturated carbocycles. The summed E-state index contributed by atoms with van der Waals surface area (Å²) in [4.78, 5) is 14.6. The van der Waals surface area contributed by atoms with Gasteiger partial charge in [0.2, 0.25) is 5.91 Å². The molecule has 0 radical (unpaired) electrons. The molecule has 1 amide bonds. The maximum absolute atomic E-state index is 13.0. The second-order valence-corrected chi connectivity index (χ2v) is 7.17. The van der Waals surface area contributed by atoms with Crippen LogP contribution in [0.5, 0.6) is 0 Å². The Balaban J connectivity index is 1.95. The lowest BCUT2D eigenvalue weighted by atomic mass is 9.84. The summed E-state index contributed by atoms with van der Waals surface area (Å²) in [6.45, 7) is 4.69. The van der Waals surface area contributed by atoms with Crippen LogP contribution in [0.3, 0.4) is 0 Å². The number of nitrogens with one attached hydrogen (secondary N) is 1. The first-order valence-electron chi connectivity index (χ1n) is 7.85. The lowest BCUT2D eigenvalue weighted by Gasteiger charge is -2.45. The van der Waals surface area contributed by atoms with E-state index in [4.69, 9.17) is 0 Å². The zero-order valence-electron chi connectivity index (χ0n) is 13.1. The number of nitrogens with zero attached hydrogens (tertiary/aromatic N) is 1. The van der Waals surface area contributed by atoms with Gasteiger partial charge in [0.25, 0.3) is 0 Å². The third-order valence-electron chi connectivity index (χ3n) is 4.54. The SMILES string of the molecule is C=CCNC(=O)[C@H]1Cc2cc(C(F)(F)F)ccc2N2CCSC[C@H]12. The minimum atomic E-state index is -4.37. The number of anilines is 1. The number of carbonyl (C=O) groups excluding carboxylic acids is 1. The molecule has 3 nitrogen and oxygen atoms in total. The first kappa shape index (κ1) is 17.2. The van der Waals surface area contributed by atoms with Gasteiger partial charge < -0.3 is 10.2 Å². The third-order valence-corrected chi connectivity index (χ3v) is 5.59. The van der Waals surface area contributed by atoms with E-state index in [-0.39, 0.29) is 17.9 Å². The fraction of sp³-hybridized carbons (Fsp3) is 0.471. The van der Waals surface area contributed by atoms with Crippen molar-refractivity contribution in [3.8, 4) is 0 Å². The number of carbonyl (C=O) groups is 1. The monoisotopic (exact) mass is 356 g/mol. The van der Waals surface area contributed by atoms with Gasteiger partial charge in [0.1, 0.15) is 0 Å². The normalized spacial score (nSPS) is 23.2. The molecule has 2 aliphatic heterocycles. The molecule has 3 rings (SSSR count). The zero-order valence-corrected chi connectivity index (χ0v) is 13.9. The molecule has 1 fully saturated rings. The van der Waals surface area contributed by atoms with Gasteiger partial charge >= 0.3 is 6.18 Å². The van der Waals surface area contributed by atoms with Crippen LogP contribution >= 0.6 is 11.8 Å². The highest BCUT2D eigenvalue weighted by Crippen LogP contribution is 2.40. The first-order chi connectivity index (χ1) is 11.4. The van der Waals surface area contributed by atoms with E-state index in [9.17, 15) is 18.0 Å². The van der Waals surface area contributed by atoms with Crippen LogP contribution in [-0.2, 0) is 17.4 Å². The van der Waals surface area contributed by atoms with Crippen LogP contribution in [-0.4, -0.2) is 36.5 Å². The average molecular weight is 356 g/mol. The molecule has 0 aliphatic carbocycles. The maximum atomic E-state index is 13.0. The van der Waals surface area contributed by atoms with Crippen molar-refractivity contribution < 1.29 is 18.0 Å². The van der Waals surface area contributed by atoms with E-state index in [1.165, 1.54) is 6.07 Å². The van der Waals surface area contributed by atoms with Gasteiger partial charge in [0.15, 0.2) is 0 Å². The van der Waals surface area contributed by atoms with Crippen LogP contribution in [0.2, 0.25) is 0 Å². The lowest BCUT2D eigenvalue weighted by Crippen LogP contribution is -2.55. The third kappa shape index (κ3) is 3.27. The lowest BCUT2D eigenvalue weighted by molar-refractivity contribution is -0.137. The number of benzene rings is 1. The highest BCUT2D eigenvalue weighted by atomic mass is 32.2. The minimum absolute atomic E-state index is 0.0257. The summed E-state index contributed by atoms with van der Waals surface area (Å²) in [5.74, 6) is 1.27. The molecular formula is C17H19F3N2OS. The second-order valence-electron chi connectivity index (χ2n) is 6.02. The molecule has 1 saturated heterocycles. The minimum Gasteiger partial charge on any atom is -0.366 e. The molecule has 0 spiro atoms. The number of amides is 1. The number of halogens is 3. The molecule has 2 aliphatic rings. The van der Waals surface area contributed by atoms with E-state index in [1.54, 1.807) is 23.9 Å². The Hall–Kier alpha value is -1.63. The largest absolute Gasteiger partial charge is 0.416 e. The fourth-order valence-corrected chi connectivity index (χ4v) is 4.55. The van der Waals surface area contributed by atoms with Crippen LogP contribution < -0.4 is 10.2 Å². The summed E-state index contributed by atoms with van der Waals surface area (Å²) in [6.07, 6.45) is -2.43. The Morgan fingerprint density at radius 2 is 2.25 bits per heavy atom. The van der Waals surface area contributed by atoms with Crippen molar-refractivity contribution >= 4 is 23.4 Å². The van der Waals surface area contributed by atoms with Gasteiger partial charge in [0, 0.05) is 36.3 Å². The topological polar surface area (TPSA) is 32.3 Å². The number of rotatable bonds is 3. The molecule has 1 aromatic rings. The van der Waals surface area contributed by atoms with E-state index < -0.39 is 11.7 Å². The summed E-state index contributed by atoms with van der Waals surface area (Å²) < 4.78 is 39.0. The highest BCUT2D eigenvalue weighted by molar-refractivity contribution is 7.99. The van der Waals surface area contributed by atoms with Gasteiger partial charge in [-0.2, -0.15) is 24.9 Å². The molecular weight excluding hydrogens is 337 g/mol. The molecule has 24 heavy (non-hydrogen) atoms. The molecule has 130 valence electrons. The number of fused-ring (bicyclic) bond motifs is 3. The Kier molecular flexibility index (Phi) is 4.80. The zero-order chi connectivity index (χ0) is 17.3. The van der Waals surface area contributed by atoms with Crippen LogP contribution in [0, 0.1) is 5.92 Å². The quantitative estimate of drug-likeness (QED) is 0.845. The standard InChI is InChI=1S/C17H19F3N2OS/c1-2-5-21-16(23)13-9-11-8-12(17(18,19)20)3-4-14(11)22-6-7-24-10-15(13)22/h2-4,8,13,15H,1,5-7,9-10H2,(H,21,23)/t13-,15+/m0/s1. The van der Waals surface area contributed by atoms with E-state index in [2.05, 4.69) is 16.8 Å². The Labute approximate surface area is 143 Å². The molecule has 0 unspecified atom stereocenters. The summed E-state index contributed by atoms with van der Waals surface area (Å²) in [5.41, 5.74) is 0.782. The molecule has 0 aromatic heterocycles.